The second kappa shape index (κ2) is 4.68. The number of ether oxygens (including phenoxy) is 1. The molecule has 7 heteroatoms. The summed E-state index contributed by atoms with van der Waals surface area (Å²) in [5.74, 6) is -1.09. The summed E-state index contributed by atoms with van der Waals surface area (Å²) in [4.78, 5) is 28.5. The first-order chi connectivity index (χ1) is 9.61. The number of carbonyl (C=O) groups excluding carboxylic acids is 1. The van der Waals surface area contributed by atoms with Crippen molar-refractivity contribution in [3.8, 4) is 0 Å². The van der Waals surface area contributed by atoms with Crippen molar-refractivity contribution in [2.24, 2.45) is 0 Å². The van der Waals surface area contributed by atoms with Gasteiger partial charge in [0.15, 0.2) is 4.96 Å². The summed E-state index contributed by atoms with van der Waals surface area (Å²) in [6.07, 6.45) is 1.20. The van der Waals surface area contributed by atoms with E-state index in [1.54, 1.807) is 6.92 Å². The first-order valence-corrected chi connectivity index (χ1v) is 6.70. The second-order valence-electron chi connectivity index (χ2n) is 4.03. The van der Waals surface area contributed by atoms with Crippen LogP contribution in [0.3, 0.4) is 0 Å². The van der Waals surface area contributed by atoms with Gasteiger partial charge >= 0.3 is 5.97 Å². The summed E-state index contributed by atoms with van der Waals surface area (Å²) in [6.45, 7) is 1.83. The third-order valence-corrected chi connectivity index (χ3v) is 3.81. The molecule has 0 aliphatic carbocycles. The van der Waals surface area contributed by atoms with Crippen LogP contribution in [0.25, 0.3) is 15.2 Å². The van der Waals surface area contributed by atoms with Gasteiger partial charge in [-0.2, -0.15) is 0 Å². The van der Waals surface area contributed by atoms with Gasteiger partial charge in [0.05, 0.1) is 23.0 Å². The smallest absolute Gasteiger partial charge is 0.345 e. The van der Waals surface area contributed by atoms with Crippen molar-refractivity contribution in [1.82, 2.24) is 9.38 Å². The Morgan fingerprint density at radius 2 is 2.30 bits per heavy atom. The molecule has 0 bridgehead atoms. The molecule has 3 aromatic rings. The van der Waals surface area contributed by atoms with Crippen LogP contribution in [0.1, 0.15) is 17.3 Å². The Hall–Kier alpha value is -2.28. The standard InChI is InChI=1S/C13H9FN2O3S/c1-2-19-12(18)8-6-15-13-16(11(8)17)9-4-3-7(14)5-10(9)20-13/h3-6H,2H2,1H3. The van der Waals surface area contributed by atoms with Crippen LogP contribution >= 0.6 is 11.3 Å². The largest absolute Gasteiger partial charge is 0.462 e. The van der Waals surface area contributed by atoms with Gasteiger partial charge in [0, 0.05) is 0 Å². The van der Waals surface area contributed by atoms with E-state index in [2.05, 4.69) is 4.98 Å². The maximum Gasteiger partial charge on any atom is 0.345 e. The van der Waals surface area contributed by atoms with Gasteiger partial charge < -0.3 is 4.74 Å². The molecule has 3 rings (SSSR count). The van der Waals surface area contributed by atoms with E-state index in [-0.39, 0.29) is 18.0 Å². The van der Waals surface area contributed by atoms with Crippen molar-refractivity contribution in [3.05, 3.63) is 46.1 Å². The lowest BCUT2D eigenvalue weighted by Crippen LogP contribution is -2.23. The van der Waals surface area contributed by atoms with Crippen molar-refractivity contribution in [3.63, 3.8) is 0 Å². The van der Waals surface area contributed by atoms with Gasteiger partial charge in [0.1, 0.15) is 11.4 Å². The molecule has 2 heterocycles. The van der Waals surface area contributed by atoms with Crippen LogP contribution in [-0.2, 0) is 4.74 Å². The van der Waals surface area contributed by atoms with E-state index >= 15 is 0 Å². The van der Waals surface area contributed by atoms with E-state index in [9.17, 15) is 14.0 Å². The van der Waals surface area contributed by atoms with E-state index < -0.39 is 11.5 Å². The molecule has 0 aliphatic rings. The van der Waals surface area contributed by atoms with E-state index in [4.69, 9.17) is 4.74 Å². The Bertz CT molecular complexity index is 884. The molecular weight excluding hydrogens is 283 g/mol. The van der Waals surface area contributed by atoms with Gasteiger partial charge in [-0.3, -0.25) is 9.20 Å². The van der Waals surface area contributed by atoms with Gasteiger partial charge in [-0.1, -0.05) is 11.3 Å². The molecule has 20 heavy (non-hydrogen) atoms. The Balaban J connectivity index is 2.34. The van der Waals surface area contributed by atoms with Crippen LogP contribution < -0.4 is 5.56 Å². The van der Waals surface area contributed by atoms with Crippen molar-refractivity contribution < 1.29 is 13.9 Å². The van der Waals surface area contributed by atoms with Crippen molar-refractivity contribution in [1.29, 1.82) is 0 Å². The SMILES string of the molecule is CCOC(=O)c1cnc2sc3cc(F)ccc3n2c1=O. The molecule has 0 radical (unpaired) electrons. The van der Waals surface area contributed by atoms with E-state index in [1.165, 1.54) is 40.1 Å². The van der Waals surface area contributed by atoms with Gasteiger partial charge in [-0.25, -0.2) is 14.2 Å². The first kappa shape index (κ1) is 12.7. The number of carbonyl (C=O) groups is 1. The molecule has 5 nitrogen and oxygen atoms in total. The molecule has 0 fully saturated rings. The lowest BCUT2D eigenvalue weighted by atomic mass is 10.3. The average Bonchev–Trinajstić information content (AvgIpc) is 2.77. The number of aromatic nitrogens is 2. The number of benzene rings is 1. The Morgan fingerprint density at radius 3 is 3.05 bits per heavy atom. The number of rotatable bonds is 2. The zero-order valence-corrected chi connectivity index (χ0v) is 11.2. The number of esters is 1. The minimum atomic E-state index is -0.708. The highest BCUT2D eigenvalue weighted by molar-refractivity contribution is 7.23. The Kier molecular flexibility index (Phi) is 2.98. The monoisotopic (exact) mass is 292 g/mol. The minimum Gasteiger partial charge on any atom is -0.462 e. The number of nitrogens with zero attached hydrogens (tertiary/aromatic N) is 2. The van der Waals surface area contributed by atoms with Crippen molar-refractivity contribution >= 4 is 32.5 Å². The summed E-state index contributed by atoms with van der Waals surface area (Å²) in [5, 5.41) is 0. The molecule has 0 aliphatic heterocycles. The van der Waals surface area contributed by atoms with Gasteiger partial charge in [-0.15, -0.1) is 0 Å². The lowest BCUT2D eigenvalue weighted by Gasteiger charge is -2.01. The van der Waals surface area contributed by atoms with Crippen LogP contribution in [0.15, 0.2) is 29.2 Å². The van der Waals surface area contributed by atoms with E-state index in [1.807, 2.05) is 0 Å². The molecule has 0 N–H and O–H groups in total. The van der Waals surface area contributed by atoms with Crippen LogP contribution in [0.4, 0.5) is 4.39 Å². The van der Waals surface area contributed by atoms with E-state index in [0.29, 0.717) is 15.2 Å². The lowest BCUT2D eigenvalue weighted by molar-refractivity contribution is 0.0523. The van der Waals surface area contributed by atoms with Gasteiger partial charge in [0.2, 0.25) is 0 Å². The number of fused-ring (bicyclic) bond motifs is 3. The molecule has 0 spiro atoms. The third kappa shape index (κ3) is 1.87. The molecule has 0 atom stereocenters. The zero-order valence-electron chi connectivity index (χ0n) is 10.4. The number of hydrogen-bond acceptors (Lipinski definition) is 5. The number of hydrogen-bond donors (Lipinski definition) is 0. The zero-order chi connectivity index (χ0) is 14.3. The van der Waals surface area contributed by atoms with Gasteiger partial charge in [0.25, 0.3) is 5.56 Å². The molecule has 0 amide bonds. The van der Waals surface area contributed by atoms with Crippen LogP contribution in [0.5, 0.6) is 0 Å². The molecule has 102 valence electrons. The Morgan fingerprint density at radius 1 is 1.50 bits per heavy atom. The fourth-order valence-corrected chi connectivity index (χ4v) is 2.94. The summed E-state index contributed by atoms with van der Waals surface area (Å²) in [5.41, 5.74) is -0.116. The maximum absolute atomic E-state index is 13.2. The van der Waals surface area contributed by atoms with Crippen LogP contribution in [0, 0.1) is 5.82 Å². The average molecular weight is 292 g/mol. The fourth-order valence-electron chi connectivity index (χ4n) is 1.93. The normalized spacial score (nSPS) is 11.1. The highest BCUT2D eigenvalue weighted by Crippen LogP contribution is 2.24. The van der Waals surface area contributed by atoms with Gasteiger partial charge in [-0.05, 0) is 25.1 Å². The summed E-state index contributed by atoms with van der Waals surface area (Å²) in [6, 6.07) is 4.09. The molecule has 0 saturated carbocycles. The highest BCUT2D eigenvalue weighted by Gasteiger charge is 2.17. The predicted molar refractivity (Wildman–Crippen MR) is 72.8 cm³/mol. The van der Waals surface area contributed by atoms with Crippen LogP contribution in [0.2, 0.25) is 0 Å². The predicted octanol–water partition coefficient (Wildman–Crippen LogP) is 2.23. The molecule has 0 saturated heterocycles. The topological polar surface area (TPSA) is 60.7 Å². The maximum atomic E-state index is 13.2. The summed E-state index contributed by atoms with van der Waals surface area (Å²) >= 11 is 1.18. The quantitative estimate of drug-likeness (QED) is 0.680. The minimum absolute atomic E-state index is 0.131. The Labute approximate surface area is 116 Å². The summed E-state index contributed by atoms with van der Waals surface area (Å²) < 4.78 is 19.9. The number of halogens is 1. The molecule has 2 aromatic heterocycles. The highest BCUT2D eigenvalue weighted by atomic mass is 32.1. The van der Waals surface area contributed by atoms with Crippen molar-refractivity contribution in [2.75, 3.05) is 6.61 Å². The van der Waals surface area contributed by atoms with E-state index in [0.717, 1.165) is 0 Å². The first-order valence-electron chi connectivity index (χ1n) is 5.88. The number of thiazole rings is 1. The molecular formula is C13H9FN2O3S. The molecule has 1 aromatic carbocycles. The van der Waals surface area contributed by atoms with Crippen molar-refractivity contribution in [2.45, 2.75) is 6.92 Å². The van der Waals surface area contributed by atoms with Crippen LogP contribution in [-0.4, -0.2) is 22.0 Å². The summed E-state index contributed by atoms with van der Waals surface area (Å²) in [7, 11) is 0. The second-order valence-corrected chi connectivity index (χ2v) is 5.04. The fraction of sp³-hybridized carbons (Fsp3) is 0.154. The third-order valence-electron chi connectivity index (χ3n) is 2.79. The molecule has 0 unspecified atom stereocenters.